The Bertz CT molecular complexity index is 222. The summed E-state index contributed by atoms with van der Waals surface area (Å²) in [6.07, 6.45) is 5.43. The largest absolute Gasteiger partial charge is 0.352 e. The van der Waals surface area contributed by atoms with Crippen LogP contribution < -0.4 is 5.32 Å². The Morgan fingerprint density at radius 2 is 1.93 bits per heavy atom. The minimum Gasteiger partial charge on any atom is -0.352 e. The van der Waals surface area contributed by atoms with E-state index < -0.39 is 0 Å². The van der Waals surface area contributed by atoms with Gasteiger partial charge in [0.2, 0.25) is 5.91 Å². The summed E-state index contributed by atoms with van der Waals surface area (Å²) in [6.45, 7) is 6.29. The zero-order valence-corrected chi connectivity index (χ0v) is 11.6. The molecule has 1 amide bonds. The van der Waals surface area contributed by atoms with Crippen LogP contribution in [0.2, 0.25) is 0 Å². The van der Waals surface area contributed by atoms with Gasteiger partial charge in [-0.25, -0.2) is 0 Å². The smallest absolute Gasteiger partial charge is 0.220 e. The fourth-order valence-electron chi connectivity index (χ4n) is 1.99. The molecule has 3 heteroatoms. The lowest BCUT2D eigenvalue weighted by atomic mass is 9.90. The number of amides is 1. The molecule has 2 nitrogen and oxygen atoms in total. The molecule has 1 rings (SSSR count). The number of nitrogens with one attached hydrogen (secondary N) is 1. The van der Waals surface area contributed by atoms with E-state index in [2.05, 4.69) is 42.0 Å². The highest BCUT2D eigenvalue weighted by Gasteiger charge is 2.25. The maximum atomic E-state index is 11.7. The van der Waals surface area contributed by atoms with E-state index in [9.17, 15) is 4.79 Å². The second kappa shape index (κ2) is 5.33. The highest BCUT2D eigenvalue weighted by atomic mass is 79.9. The molecule has 0 aliphatic heterocycles. The Labute approximate surface area is 101 Å². The summed E-state index contributed by atoms with van der Waals surface area (Å²) < 4.78 is 0. The molecule has 0 radical (unpaired) electrons. The van der Waals surface area contributed by atoms with Crippen molar-refractivity contribution in [2.45, 2.75) is 63.7 Å². The number of carbonyl (C=O) groups is 1. The topological polar surface area (TPSA) is 29.1 Å². The van der Waals surface area contributed by atoms with Crippen LogP contribution in [0, 0.1) is 5.41 Å². The van der Waals surface area contributed by atoms with Gasteiger partial charge in [0.1, 0.15) is 0 Å². The van der Waals surface area contributed by atoms with Crippen molar-refractivity contribution in [3.05, 3.63) is 0 Å². The van der Waals surface area contributed by atoms with E-state index >= 15 is 0 Å². The quantitative estimate of drug-likeness (QED) is 0.771. The van der Waals surface area contributed by atoms with Gasteiger partial charge in [0.25, 0.3) is 0 Å². The molecule has 1 fully saturated rings. The van der Waals surface area contributed by atoms with Gasteiger partial charge in [-0.15, -0.1) is 0 Å². The van der Waals surface area contributed by atoms with E-state index in [4.69, 9.17) is 0 Å². The molecule has 0 spiro atoms. The van der Waals surface area contributed by atoms with Crippen LogP contribution >= 0.6 is 15.9 Å². The molecule has 1 aliphatic carbocycles. The first kappa shape index (κ1) is 13.0. The van der Waals surface area contributed by atoms with Gasteiger partial charge in [0, 0.05) is 17.3 Å². The van der Waals surface area contributed by atoms with Crippen molar-refractivity contribution in [3.8, 4) is 0 Å². The molecule has 0 bridgehead atoms. The highest BCUT2D eigenvalue weighted by molar-refractivity contribution is 9.09. The fraction of sp³-hybridized carbons (Fsp3) is 0.917. The molecular formula is C12H22BrNO. The summed E-state index contributed by atoms with van der Waals surface area (Å²) in [5.74, 6) is 0.193. The van der Waals surface area contributed by atoms with Crippen LogP contribution in [0.3, 0.4) is 0 Å². The monoisotopic (exact) mass is 275 g/mol. The maximum Gasteiger partial charge on any atom is 0.220 e. The third-order valence-electron chi connectivity index (χ3n) is 2.72. The van der Waals surface area contributed by atoms with Crippen molar-refractivity contribution in [3.63, 3.8) is 0 Å². The van der Waals surface area contributed by atoms with Crippen molar-refractivity contribution < 1.29 is 4.79 Å². The van der Waals surface area contributed by atoms with E-state index in [0.717, 1.165) is 6.42 Å². The zero-order chi connectivity index (χ0) is 11.5. The average molecular weight is 276 g/mol. The molecule has 2 atom stereocenters. The van der Waals surface area contributed by atoms with Crippen molar-refractivity contribution in [1.82, 2.24) is 5.32 Å². The first-order valence-corrected chi connectivity index (χ1v) is 6.73. The van der Waals surface area contributed by atoms with Crippen molar-refractivity contribution in [2.75, 3.05) is 0 Å². The summed E-state index contributed by atoms with van der Waals surface area (Å²) in [5.41, 5.74) is 0.0839. The van der Waals surface area contributed by atoms with Crippen LogP contribution in [0.25, 0.3) is 0 Å². The molecule has 15 heavy (non-hydrogen) atoms. The zero-order valence-electron chi connectivity index (χ0n) is 9.98. The Hall–Kier alpha value is -0.0500. The van der Waals surface area contributed by atoms with Crippen LogP contribution in [0.5, 0.6) is 0 Å². The number of rotatable bonds is 2. The summed E-state index contributed by atoms with van der Waals surface area (Å²) in [7, 11) is 0. The molecular weight excluding hydrogens is 254 g/mol. The lowest BCUT2D eigenvalue weighted by Crippen LogP contribution is -2.43. The molecule has 0 aromatic heterocycles. The average Bonchev–Trinajstić information content (AvgIpc) is 2.05. The van der Waals surface area contributed by atoms with Gasteiger partial charge in [0.05, 0.1) is 0 Å². The molecule has 0 aromatic carbocycles. The molecule has 0 heterocycles. The normalized spacial score (nSPS) is 27.5. The van der Waals surface area contributed by atoms with Gasteiger partial charge < -0.3 is 5.32 Å². The van der Waals surface area contributed by atoms with Crippen molar-refractivity contribution in [2.24, 2.45) is 5.41 Å². The second-order valence-corrected chi connectivity index (χ2v) is 6.89. The van der Waals surface area contributed by atoms with Gasteiger partial charge >= 0.3 is 0 Å². The number of halogens is 1. The van der Waals surface area contributed by atoms with E-state index in [-0.39, 0.29) is 11.3 Å². The van der Waals surface area contributed by atoms with E-state index in [1.807, 2.05) is 0 Å². The summed E-state index contributed by atoms with van der Waals surface area (Å²) in [5, 5.41) is 3.14. The van der Waals surface area contributed by atoms with Gasteiger partial charge in [-0.05, 0) is 18.3 Å². The van der Waals surface area contributed by atoms with E-state index in [1.54, 1.807) is 0 Å². The molecule has 88 valence electrons. The van der Waals surface area contributed by atoms with Crippen LogP contribution in [0.1, 0.15) is 52.9 Å². The molecule has 0 saturated heterocycles. The third kappa shape index (κ3) is 5.01. The highest BCUT2D eigenvalue weighted by Crippen LogP contribution is 2.25. The minimum atomic E-state index is 0.0839. The minimum absolute atomic E-state index is 0.0839. The number of alkyl halides is 1. The third-order valence-corrected chi connectivity index (χ3v) is 3.81. The Morgan fingerprint density at radius 1 is 1.33 bits per heavy atom. The molecule has 1 aliphatic rings. The van der Waals surface area contributed by atoms with Crippen LogP contribution in [-0.4, -0.2) is 16.8 Å². The Balaban J connectivity index is 2.36. The van der Waals surface area contributed by atoms with Gasteiger partial charge in [0.15, 0.2) is 0 Å². The van der Waals surface area contributed by atoms with Crippen molar-refractivity contribution >= 4 is 21.8 Å². The summed E-state index contributed by atoms with van der Waals surface area (Å²) in [4.78, 5) is 12.2. The van der Waals surface area contributed by atoms with E-state index in [1.165, 1.54) is 19.3 Å². The van der Waals surface area contributed by atoms with Gasteiger partial charge in [-0.3, -0.25) is 4.79 Å². The maximum absolute atomic E-state index is 11.7. The molecule has 1 N–H and O–H groups in total. The second-order valence-electron chi connectivity index (χ2n) is 5.71. The first-order chi connectivity index (χ1) is 6.88. The van der Waals surface area contributed by atoms with E-state index in [0.29, 0.717) is 17.3 Å². The van der Waals surface area contributed by atoms with Crippen LogP contribution in [0.4, 0.5) is 0 Å². The first-order valence-electron chi connectivity index (χ1n) is 5.82. The Morgan fingerprint density at radius 3 is 2.47 bits per heavy atom. The standard InChI is InChI=1S/C12H22BrNO/c1-12(2,3)8-11(15)14-10-7-5-4-6-9(10)13/h9-10H,4-8H2,1-3H3,(H,14,15). The summed E-state index contributed by atoms with van der Waals surface area (Å²) >= 11 is 3.65. The summed E-state index contributed by atoms with van der Waals surface area (Å²) in [6, 6.07) is 0.341. The van der Waals surface area contributed by atoms with Crippen LogP contribution in [0.15, 0.2) is 0 Å². The number of hydrogen-bond donors (Lipinski definition) is 1. The lowest BCUT2D eigenvalue weighted by molar-refractivity contribution is -0.123. The Kier molecular flexibility index (Phi) is 4.63. The fourth-order valence-corrected chi connectivity index (χ4v) is 2.71. The van der Waals surface area contributed by atoms with Gasteiger partial charge in [-0.2, -0.15) is 0 Å². The SMILES string of the molecule is CC(C)(C)CC(=O)NC1CCCCC1Br. The lowest BCUT2D eigenvalue weighted by Gasteiger charge is -2.29. The number of hydrogen-bond acceptors (Lipinski definition) is 1. The van der Waals surface area contributed by atoms with Gasteiger partial charge in [-0.1, -0.05) is 49.5 Å². The van der Waals surface area contributed by atoms with Crippen LogP contribution in [-0.2, 0) is 4.79 Å². The molecule has 0 aromatic rings. The molecule has 2 unspecified atom stereocenters. The predicted molar refractivity (Wildman–Crippen MR) is 67.2 cm³/mol. The number of carbonyl (C=O) groups excluding carboxylic acids is 1. The molecule has 1 saturated carbocycles. The van der Waals surface area contributed by atoms with Crippen molar-refractivity contribution in [1.29, 1.82) is 0 Å². The predicted octanol–water partition coefficient (Wildman–Crippen LogP) is 3.24.